The van der Waals surface area contributed by atoms with Crippen LogP contribution in [0.1, 0.15) is 10.4 Å². The van der Waals surface area contributed by atoms with Crippen LogP contribution in [0.2, 0.25) is 0 Å². The molecule has 0 unspecified atom stereocenters. The van der Waals surface area contributed by atoms with Crippen LogP contribution in [0.25, 0.3) is 11.4 Å². The van der Waals surface area contributed by atoms with Crippen LogP contribution in [-0.4, -0.2) is 40.5 Å². The van der Waals surface area contributed by atoms with E-state index in [-0.39, 0.29) is 11.5 Å². The predicted molar refractivity (Wildman–Crippen MR) is 101 cm³/mol. The van der Waals surface area contributed by atoms with Gasteiger partial charge in [-0.2, -0.15) is 0 Å². The molecule has 0 aliphatic rings. The van der Waals surface area contributed by atoms with Crippen molar-refractivity contribution in [1.82, 2.24) is 14.8 Å². The molecule has 0 radical (unpaired) electrons. The van der Waals surface area contributed by atoms with Crippen molar-refractivity contribution in [2.24, 2.45) is 7.05 Å². The first-order chi connectivity index (χ1) is 12.6. The van der Waals surface area contributed by atoms with Crippen molar-refractivity contribution < 1.29 is 14.3 Å². The Hall–Kier alpha value is -2.80. The Balaban J connectivity index is 1.73. The van der Waals surface area contributed by atoms with E-state index in [2.05, 4.69) is 10.2 Å². The Morgan fingerprint density at radius 2 is 1.73 bits per heavy atom. The average molecular weight is 369 g/mol. The van der Waals surface area contributed by atoms with Gasteiger partial charge in [-0.15, -0.1) is 10.2 Å². The number of thioether (sulfide) groups is 1. The molecule has 0 aliphatic heterocycles. The monoisotopic (exact) mass is 369 g/mol. The number of carbonyl (C=O) groups excluding carboxylic acids is 1. The van der Waals surface area contributed by atoms with Crippen LogP contribution in [0.5, 0.6) is 11.5 Å². The topological polar surface area (TPSA) is 66.2 Å². The molecule has 0 atom stereocenters. The van der Waals surface area contributed by atoms with Crippen LogP contribution in [0.3, 0.4) is 0 Å². The Morgan fingerprint density at radius 1 is 1.04 bits per heavy atom. The van der Waals surface area contributed by atoms with Crippen molar-refractivity contribution in [2.45, 2.75) is 5.16 Å². The number of ether oxygens (including phenoxy) is 2. The van der Waals surface area contributed by atoms with Crippen LogP contribution < -0.4 is 9.47 Å². The van der Waals surface area contributed by atoms with Gasteiger partial charge in [0.25, 0.3) is 0 Å². The molecular formula is C19H19N3O3S. The molecule has 0 aliphatic carbocycles. The fraction of sp³-hybridized carbons (Fsp3) is 0.211. The zero-order valence-electron chi connectivity index (χ0n) is 14.8. The number of benzene rings is 2. The highest BCUT2D eigenvalue weighted by atomic mass is 32.2. The maximum absolute atomic E-state index is 12.4. The van der Waals surface area contributed by atoms with E-state index in [1.807, 2.05) is 41.9 Å². The summed E-state index contributed by atoms with van der Waals surface area (Å²) in [4.78, 5) is 12.4. The summed E-state index contributed by atoms with van der Waals surface area (Å²) in [6, 6.07) is 14.8. The third-order valence-electron chi connectivity index (χ3n) is 3.89. The lowest BCUT2D eigenvalue weighted by Gasteiger charge is -2.06. The predicted octanol–water partition coefficient (Wildman–Crippen LogP) is 3.47. The maximum atomic E-state index is 12.4. The van der Waals surface area contributed by atoms with Crippen LogP contribution in [0, 0.1) is 0 Å². The highest BCUT2D eigenvalue weighted by molar-refractivity contribution is 7.99. The van der Waals surface area contributed by atoms with E-state index in [0.717, 1.165) is 17.1 Å². The van der Waals surface area contributed by atoms with E-state index in [4.69, 9.17) is 9.47 Å². The summed E-state index contributed by atoms with van der Waals surface area (Å²) in [6.45, 7) is 0. The summed E-state index contributed by atoms with van der Waals surface area (Å²) >= 11 is 1.36. The lowest BCUT2D eigenvalue weighted by molar-refractivity contribution is 0.102. The van der Waals surface area contributed by atoms with Crippen molar-refractivity contribution in [1.29, 1.82) is 0 Å². The summed E-state index contributed by atoms with van der Waals surface area (Å²) in [6.07, 6.45) is 0. The molecule has 1 heterocycles. The number of carbonyl (C=O) groups is 1. The lowest BCUT2D eigenvalue weighted by Crippen LogP contribution is -2.04. The number of hydrogen-bond acceptors (Lipinski definition) is 6. The van der Waals surface area contributed by atoms with Crippen molar-refractivity contribution in [3.63, 3.8) is 0 Å². The van der Waals surface area contributed by atoms with Crippen LogP contribution in [0.15, 0.2) is 53.7 Å². The van der Waals surface area contributed by atoms with Gasteiger partial charge in [-0.3, -0.25) is 4.79 Å². The van der Waals surface area contributed by atoms with Gasteiger partial charge in [0, 0.05) is 18.2 Å². The minimum absolute atomic E-state index is 0.0137. The van der Waals surface area contributed by atoms with E-state index < -0.39 is 0 Å². The quantitative estimate of drug-likeness (QED) is 0.469. The summed E-state index contributed by atoms with van der Waals surface area (Å²) in [5, 5.41) is 9.13. The van der Waals surface area contributed by atoms with Gasteiger partial charge in [0.15, 0.2) is 16.8 Å². The SMILES string of the molecule is COc1cccc(C(=O)CSc2nnc(-c3cccc(OC)c3)n2C)c1. The van der Waals surface area contributed by atoms with Gasteiger partial charge in [0.05, 0.1) is 20.0 Å². The standard InChI is InChI=1S/C19H19N3O3S/c1-22-18(14-7-5-9-16(11-14)25-3)20-21-19(22)26-12-17(23)13-6-4-8-15(10-13)24-2/h4-11H,12H2,1-3H3. The molecule has 0 saturated carbocycles. The van der Waals surface area contributed by atoms with Crippen molar-refractivity contribution >= 4 is 17.5 Å². The van der Waals surface area contributed by atoms with Crippen molar-refractivity contribution in [3.8, 4) is 22.9 Å². The van der Waals surface area contributed by atoms with E-state index in [9.17, 15) is 4.79 Å². The molecule has 7 heteroatoms. The number of rotatable bonds is 7. The second-order valence-electron chi connectivity index (χ2n) is 5.54. The molecule has 0 N–H and O–H groups in total. The first-order valence-electron chi connectivity index (χ1n) is 7.96. The second-order valence-corrected chi connectivity index (χ2v) is 6.48. The van der Waals surface area contributed by atoms with E-state index in [0.29, 0.717) is 16.5 Å². The molecule has 0 amide bonds. The number of aromatic nitrogens is 3. The summed E-state index contributed by atoms with van der Waals surface area (Å²) in [5.74, 6) is 2.44. The summed E-state index contributed by atoms with van der Waals surface area (Å²) in [5.41, 5.74) is 1.53. The first kappa shape index (κ1) is 18.0. The first-order valence-corrected chi connectivity index (χ1v) is 8.95. The number of hydrogen-bond donors (Lipinski definition) is 0. The second kappa shape index (κ2) is 8.05. The van der Waals surface area contributed by atoms with Gasteiger partial charge in [0.2, 0.25) is 0 Å². The fourth-order valence-electron chi connectivity index (χ4n) is 2.46. The summed E-state index contributed by atoms with van der Waals surface area (Å²) < 4.78 is 12.3. The molecule has 3 aromatic rings. The lowest BCUT2D eigenvalue weighted by atomic mass is 10.1. The third-order valence-corrected chi connectivity index (χ3v) is 4.91. The Kier molecular flexibility index (Phi) is 5.58. The minimum Gasteiger partial charge on any atom is -0.497 e. The molecule has 0 spiro atoms. The highest BCUT2D eigenvalue weighted by Gasteiger charge is 2.14. The van der Waals surface area contributed by atoms with Gasteiger partial charge in [0.1, 0.15) is 11.5 Å². The zero-order valence-corrected chi connectivity index (χ0v) is 15.6. The molecule has 26 heavy (non-hydrogen) atoms. The molecule has 1 aromatic heterocycles. The van der Waals surface area contributed by atoms with Gasteiger partial charge in [-0.25, -0.2) is 0 Å². The molecular weight excluding hydrogens is 350 g/mol. The van der Waals surface area contributed by atoms with Gasteiger partial charge in [-0.05, 0) is 24.3 Å². The van der Waals surface area contributed by atoms with Gasteiger partial charge in [-0.1, -0.05) is 36.0 Å². The Labute approximate surface area is 156 Å². The molecule has 6 nitrogen and oxygen atoms in total. The normalized spacial score (nSPS) is 10.6. The zero-order chi connectivity index (χ0) is 18.5. The van der Waals surface area contributed by atoms with Crippen LogP contribution in [-0.2, 0) is 7.05 Å². The highest BCUT2D eigenvalue weighted by Crippen LogP contribution is 2.26. The number of ketones is 1. The van der Waals surface area contributed by atoms with Crippen LogP contribution in [0.4, 0.5) is 0 Å². The van der Waals surface area contributed by atoms with Crippen LogP contribution >= 0.6 is 11.8 Å². The van der Waals surface area contributed by atoms with Gasteiger partial charge < -0.3 is 14.0 Å². The van der Waals surface area contributed by atoms with E-state index >= 15 is 0 Å². The molecule has 134 valence electrons. The number of Topliss-reactive ketones (excluding diaryl/α,β-unsaturated/α-hetero) is 1. The molecule has 3 rings (SSSR count). The Bertz CT molecular complexity index is 924. The number of methoxy groups -OCH3 is 2. The van der Waals surface area contributed by atoms with E-state index in [1.165, 1.54) is 11.8 Å². The fourth-order valence-corrected chi connectivity index (χ4v) is 3.27. The van der Waals surface area contributed by atoms with Crippen molar-refractivity contribution in [3.05, 3.63) is 54.1 Å². The third kappa shape index (κ3) is 3.88. The van der Waals surface area contributed by atoms with Gasteiger partial charge >= 0.3 is 0 Å². The smallest absolute Gasteiger partial charge is 0.191 e. The molecule has 0 saturated heterocycles. The Morgan fingerprint density at radius 3 is 2.46 bits per heavy atom. The number of nitrogens with zero attached hydrogens (tertiary/aromatic N) is 3. The molecule has 0 bridgehead atoms. The maximum Gasteiger partial charge on any atom is 0.191 e. The largest absolute Gasteiger partial charge is 0.497 e. The molecule has 2 aromatic carbocycles. The molecule has 0 fully saturated rings. The minimum atomic E-state index is 0.0137. The average Bonchev–Trinajstić information content (AvgIpc) is 3.06. The summed E-state index contributed by atoms with van der Waals surface area (Å²) in [7, 11) is 5.09. The van der Waals surface area contributed by atoms with E-state index in [1.54, 1.807) is 32.4 Å². The van der Waals surface area contributed by atoms with Crippen molar-refractivity contribution in [2.75, 3.05) is 20.0 Å².